The summed E-state index contributed by atoms with van der Waals surface area (Å²) in [5.41, 5.74) is 6.74. The minimum atomic E-state index is -0.549. The first-order valence-electron chi connectivity index (χ1n) is 17.2. The molecule has 0 aromatic heterocycles. The maximum atomic E-state index is 16.1. The van der Waals surface area contributed by atoms with Gasteiger partial charge in [0.05, 0.1) is 11.2 Å². The Labute approximate surface area is 271 Å². The van der Waals surface area contributed by atoms with Crippen LogP contribution >= 0.6 is 0 Å². The van der Waals surface area contributed by atoms with Gasteiger partial charge in [0, 0.05) is 18.3 Å². The number of Topliss-reactive ketones (excluding diaryl/α,β-unsaturated/α-hetero) is 1. The van der Waals surface area contributed by atoms with E-state index < -0.39 is 18.3 Å². The van der Waals surface area contributed by atoms with Gasteiger partial charge in [-0.3, -0.25) is 4.79 Å². The van der Waals surface area contributed by atoms with Gasteiger partial charge in [-0.25, -0.2) is 4.39 Å². The quantitative estimate of drug-likeness (QED) is 0.316. The zero-order valence-electron chi connectivity index (χ0n) is 29.0. The van der Waals surface area contributed by atoms with Gasteiger partial charge in [0.15, 0.2) is 0 Å². The fourth-order valence-corrected chi connectivity index (χ4v) is 8.64. The molecule has 5 heteroatoms. The molecule has 1 heterocycles. The van der Waals surface area contributed by atoms with Gasteiger partial charge in [0.1, 0.15) is 11.6 Å². The van der Waals surface area contributed by atoms with Crippen molar-refractivity contribution in [2.45, 2.75) is 130 Å². The predicted molar refractivity (Wildman–Crippen MR) is 184 cm³/mol. The summed E-state index contributed by atoms with van der Waals surface area (Å²) in [6.45, 7) is 19.1. The Morgan fingerprint density at radius 2 is 1.62 bits per heavy atom. The fourth-order valence-electron chi connectivity index (χ4n) is 8.64. The third-order valence-corrected chi connectivity index (χ3v) is 12.3. The molecule has 3 aliphatic carbocycles. The molecule has 0 bridgehead atoms. The summed E-state index contributed by atoms with van der Waals surface area (Å²) in [7, 11) is -0.549. The first-order chi connectivity index (χ1) is 21.0. The number of carbonyl (C=O) groups excluding carboxylic acids is 1. The maximum Gasteiger partial charge on any atom is 0.490 e. The van der Waals surface area contributed by atoms with Gasteiger partial charge in [-0.2, -0.15) is 0 Å². The summed E-state index contributed by atoms with van der Waals surface area (Å²) in [4.78, 5) is 12.9. The highest BCUT2D eigenvalue weighted by Gasteiger charge is 2.55. The summed E-state index contributed by atoms with van der Waals surface area (Å²) in [5, 5.41) is 0. The van der Waals surface area contributed by atoms with E-state index in [0.29, 0.717) is 23.5 Å². The monoisotopic (exact) mass is 610 g/mol. The number of carbonyl (C=O) groups is 1. The summed E-state index contributed by atoms with van der Waals surface area (Å²) in [6, 6.07) is 15.0. The van der Waals surface area contributed by atoms with Crippen molar-refractivity contribution in [3.05, 3.63) is 81.6 Å². The van der Waals surface area contributed by atoms with Crippen LogP contribution in [-0.2, 0) is 25.9 Å². The Morgan fingerprint density at radius 1 is 0.956 bits per heavy atom. The third kappa shape index (κ3) is 5.82. The lowest BCUT2D eigenvalue weighted by molar-refractivity contribution is -0.129. The van der Waals surface area contributed by atoms with E-state index in [9.17, 15) is 4.79 Å². The largest absolute Gasteiger partial charge is 0.490 e. The van der Waals surface area contributed by atoms with Gasteiger partial charge in [-0.1, -0.05) is 70.2 Å². The lowest BCUT2D eigenvalue weighted by atomic mass is 9.55. The first kappa shape index (κ1) is 32.4. The molecule has 2 saturated carbocycles. The summed E-state index contributed by atoms with van der Waals surface area (Å²) in [6.07, 6.45) is 7.83. The molecule has 6 rings (SSSR count). The van der Waals surface area contributed by atoms with Crippen LogP contribution in [0.5, 0.6) is 0 Å². The predicted octanol–water partition coefficient (Wildman–Crippen LogP) is 10.2. The van der Waals surface area contributed by atoms with E-state index in [1.165, 1.54) is 16.7 Å². The second kappa shape index (κ2) is 11.3. The van der Waals surface area contributed by atoms with Crippen LogP contribution in [0, 0.1) is 17.3 Å². The highest BCUT2D eigenvalue weighted by atomic mass is 19.1. The lowest BCUT2D eigenvalue weighted by Crippen LogP contribution is -2.42. The van der Waals surface area contributed by atoms with Gasteiger partial charge >= 0.3 is 7.12 Å². The van der Waals surface area contributed by atoms with E-state index in [4.69, 9.17) is 9.31 Å². The molecule has 1 aliphatic heterocycles. The first-order valence-corrected chi connectivity index (χ1v) is 17.2. The van der Waals surface area contributed by atoms with E-state index in [-0.39, 0.29) is 23.1 Å². The van der Waals surface area contributed by atoms with Gasteiger partial charge in [-0.15, -0.1) is 0 Å². The molecule has 1 saturated heterocycles. The lowest BCUT2D eigenvalue weighted by Gasteiger charge is -2.48. The minimum Gasteiger partial charge on any atom is -0.400 e. The molecular formula is C40H52BFO3. The van der Waals surface area contributed by atoms with Crippen LogP contribution in [0.4, 0.5) is 4.39 Å². The van der Waals surface area contributed by atoms with Crippen LogP contribution in [0.15, 0.2) is 53.8 Å². The molecule has 0 radical (unpaired) electrons. The van der Waals surface area contributed by atoms with Crippen molar-refractivity contribution in [2.75, 3.05) is 0 Å². The average molecular weight is 611 g/mol. The van der Waals surface area contributed by atoms with Gasteiger partial charge in [0.25, 0.3) is 0 Å². The van der Waals surface area contributed by atoms with Gasteiger partial charge in [0.2, 0.25) is 0 Å². The van der Waals surface area contributed by atoms with Gasteiger partial charge < -0.3 is 9.31 Å². The molecule has 0 unspecified atom stereocenters. The Hall–Kier alpha value is -2.50. The molecule has 45 heavy (non-hydrogen) atoms. The number of hydrogen-bond acceptors (Lipinski definition) is 3. The molecule has 0 amide bonds. The highest BCUT2D eigenvalue weighted by Crippen LogP contribution is 2.59. The maximum absolute atomic E-state index is 16.1. The van der Waals surface area contributed by atoms with E-state index >= 15 is 4.39 Å². The van der Waals surface area contributed by atoms with Crippen LogP contribution in [-0.4, -0.2) is 24.1 Å². The highest BCUT2D eigenvalue weighted by molar-refractivity contribution is 6.56. The Kier molecular flexibility index (Phi) is 8.17. The van der Waals surface area contributed by atoms with Crippen molar-refractivity contribution in [3.63, 3.8) is 0 Å². The molecule has 3 fully saturated rings. The van der Waals surface area contributed by atoms with Crippen LogP contribution in [0.3, 0.4) is 0 Å². The smallest absolute Gasteiger partial charge is 0.400 e. The van der Waals surface area contributed by atoms with Crippen LogP contribution in [0.1, 0.15) is 135 Å². The summed E-state index contributed by atoms with van der Waals surface area (Å²) in [5.74, 6) is 1.77. The number of allylic oxidation sites excluding steroid dienone is 3. The van der Waals surface area contributed by atoms with Crippen LogP contribution in [0.25, 0.3) is 11.6 Å². The zero-order valence-corrected chi connectivity index (χ0v) is 29.0. The van der Waals surface area contributed by atoms with E-state index in [1.807, 2.05) is 19.1 Å². The van der Waals surface area contributed by atoms with Crippen molar-refractivity contribution in [2.24, 2.45) is 17.3 Å². The number of ketones is 1. The van der Waals surface area contributed by atoms with E-state index in [1.54, 1.807) is 6.08 Å². The normalized spacial score (nSPS) is 29.6. The molecular weight excluding hydrogens is 558 g/mol. The van der Waals surface area contributed by atoms with E-state index in [0.717, 1.165) is 60.7 Å². The Morgan fingerprint density at radius 3 is 2.27 bits per heavy atom. The summed E-state index contributed by atoms with van der Waals surface area (Å²) >= 11 is 0. The summed E-state index contributed by atoms with van der Waals surface area (Å²) < 4.78 is 29.0. The van der Waals surface area contributed by atoms with Crippen molar-refractivity contribution in [3.8, 4) is 0 Å². The number of benzene rings is 2. The molecule has 4 atom stereocenters. The SMILES string of the molecule is C/C(B1OC(C)(C)C(C)(C)O1)=C(/C/C(F)=C/c1ccc(C(C)(C)C)cc1)c1ccc2c(c1)[C@H]1CC[C@]3(C)C(=O)CC[C@H]3[C@@H]1CC2. The number of aryl methyl sites for hydroxylation is 1. The second-order valence-corrected chi connectivity index (χ2v) is 16.6. The van der Waals surface area contributed by atoms with Gasteiger partial charge in [-0.05, 0) is 135 Å². The average Bonchev–Trinajstić information content (AvgIpc) is 3.40. The fraction of sp³-hybridized carbons (Fsp3) is 0.575. The molecule has 3 nitrogen and oxygen atoms in total. The number of fused-ring (bicyclic) bond motifs is 5. The molecule has 0 spiro atoms. The van der Waals surface area contributed by atoms with Crippen LogP contribution in [0.2, 0.25) is 0 Å². The Bertz CT molecular complexity index is 1530. The Balaban J connectivity index is 1.36. The second-order valence-electron chi connectivity index (χ2n) is 16.6. The standard InChI is InChI=1S/C40H52BFO3/c1-25(41-44-38(5,6)39(7,8)45-41)33(24-30(42)22-26-10-15-29(16-11-26)37(2,3)4)28-13-12-27-14-17-32-31(34(27)23-28)20-21-40(9)35(32)18-19-36(40)43/h10-13,15-16,22-23,31-32,35H,14,17-21,24H2,1-9H3/b30-22-,33-25+/t31-,32+,35-,40-/m0/s1. The van der Waals surface area contributed by atoms with Crippen LogP contribution < -0.4 is 0 Å². The van der Waals surface area contributed by atoms with Crippen molar-refractivity contribution >= 4 is 24.6 Å². The molecule has 2 aromatic carbocycles. The van der Waals surface area contributed by atoms with Crippen molar-refractivity contribution in [1.29, 1.82) is 0 Å². The van der Waals surface area contributed by atoms with Crippen molar-refractivity contribution in [1.82, 2.24) is 0 Å². The third-order valence-electron chi connectivity index (χ3n) is 12.3. The molecule has 0 N–H and O–H groups in total. The van der Waals surface area contributed by atoms with E-state index in [2.05, 4.69) is 85.7 Å². The molecule has 4 aliphatic rings. The number of halogens is 1. The number of rotatable bonds is 5. The zero-order chi connectivity index (χ0) is 32.5. The van der Waals surface area contributed by atoms with Crippen molar-refractivity contribution < 1.29 is 18.5 Å². The molecule has 240 valence electrons. The molecule has 2 aromatic rings. The minimum absolute atomic E-state index is 0.0480. The number of hydrogen-bond donors (Lipinski definition) is 0. The topological polar surface area (TPSA) is 35.5 Å².